The highest BCUT2D eigenvalue weighted by Crippen LogP contribution is 2.27. The highest BCUT2D eigenvalue weighted by molar-refractivity contribution is 5.95. The van der Waals surface area contributed by atoms with Crippen molar-refractivity contribution in [3.63, 3.8) is 0 Å². The van der Waals surface area contributed by atoms with Gasteiger partial charge in [0.25, 0.3) is 5.91 Å². The van der Waals surface area contributed by atoms with Crippen molar-refractivity contribution in [2.24, 2.45) is 5.92 Å². The lowest BCUT2D eigenvalue weighted by atomic mass is 10.0. The first kappa shape index (κ1) is 19.1. The van der Waals surface area contributed by atoms with Crippen LogP contribution in [-0.4, -0.2) is 61.7 Å². The summed E-state index contributed by atoms with van der Waals surface area (Å²) in [5.41, 5.74) is 0.0284. The summed E-state index contributed by atoms with van der Waals surface area (Å²) in [6.07, 6.45) is 0. The number of methoxy groups -OCH3 is 1. The van der Waals surface area contributed by atoms with Crippen LogP contribution in [0.3, 0.4) is 0 Å². The molecule has 1 aromatic rings. The molecule has 0 radical (unpaired) electrons. The van der Waals surface area contributed by atoms with Crippen LogP contribution in [0.25, 0.3) is 0 Å². The summed E-state index contributed by atoms with van der Waals surface area (Å²) >= 11 is 0. The molecule has 0 bridgehead atoms. The maximum Gasteiger partial charge on any atom is 0.311 e. The number of rotatable bonds is 7. The first-order chi connectivity index (χ1) is 11.9. The third-order valence-electron chi connectivity index (χ3n) is 4.39. The zero-order valence-electron chi connectivity index (χ0n) is 14.9. The van der Waals surface area contributed by atoms with Crippen LogP contribution in [0.1, 0.15) is 24.2 Å². The number of hydrogen-bond acceptors (Lipinski definition) is 6. The van der Waals surface area contributed by atoms with Crippen LogP contribution < -0.4 is 10.1 Å². The fourth-order valence-electron chi connectivity index (χ4n) is 2.97. The SMILES string of the molecule is COc1ccc(C(=O)NCC(C(C)C)N2CCOCC2)cc1[N+](=O)[O-]. The average Bonchev–Trinajstić information content (AvgIpc) is 2.61. The maximum atomic E-state index is 12.4. The fraction of sp³-hybridized carbons (Fsp3) is 0.588. The molecule has 25 heavy (non-hydrogen) atoms. The van der Waals surface area contributed by atoms with E-state index in [0.29, 0.717) is 25.7 Å². The molecule has 1 aliphatic rings. The van der Waals surface area contributed by atoms with Gasteiger partial charge in [0.15, 0.2) is 5.75 Å². The number of nitrogens with zero attached hydrogens (tertiary/aromatic N) is 2. The first-order valence-corrected chi connectivity index (χ1v) is 8.36. The number of carbonyl (C=O) groups excluding carboxylic acids is 1. The number of carbonyl (C=O) groups is 1. The monoisotopic (exact) mass is 351 g/mol. The number of nitrogens with one attached hydrogen (secondary N) is 1. The molecule has 1 aromatic carbocycles. The van der Waals surface area contributed by atoms with Gasteiger partial charge in [0.05, 0.1) is 25.2 Å². The Kier molecular flexibility index (Phi) is 6.72. The third-order valence-corrected chi connectivity index (χ3v) is 4.39. The van der Waals surface area contributed by atoms with Gasteiger partial charge in [-0.15, -0.1) is 0 Å². The topological polar surface area (TPSA) is 93.9 Å². The van der Waals surface area contributed by atoms with Gasteiger partial charge >= 0.3 is 5.69 Å². The second kappa shape index (κ2) is 8.77. The van der Waals surface area contributed by atoms with Crippen LogP contribution in [0.4, 0.5) is 5.69 Å². The number of hydrogen-bond donors (Lipinski definition) is 1. The molecule has 0 aromatic heterocycles. The van der Waals surface area contributed by atoms with E-state index in [-0.39, 0.29) is 28.9 Å². The molecule has 138 valence electrons. The predicted molar refractivity (Wildman–Crippen MR) is 93.0 cm³/mol. The average molecular weight is 351 g/mol. The lowest BCUT2D eigenvalue weighted by molar-refractivity contribution is -0.385. The van der Waals surface area contributed by atoms with Crippen LogP contribution in [-0.2, 0) is 4.74 Å². The maximum absolute atomic E-state index is 12.4. The van der Waals surface area contributed by atoms with Crippen molar-refractivity contribution in [1.29, 1.82) is 0 Å². The van der Waals surface area contributed by atoms with Gasteiger partial charge in [0.2, 0.25) is 0 Å². The Morgan fingerprint density at radius 3 is 2.64 bits per heavy atom. The van der Waals surface area contributed by atoms with Gasteiger partial charge in [-0.05, 0) is 18.1 Å². The van der Waals surface area contributed by atoms with Gasteiger partial charge in [-0.25, -0.2) is 0 Å². The van der Waals surface area contributed by atoms with E-state index in [0.717, 1.165) is 13.1 Å². The van der Waals surface area contributed by atoms with Crippen molar-refractivity contribution in [2.45, 2.75) is 19.9 Å². The Labute approximate surface area is 147 Å². The highest BCUT2D eigenvalue weighted by Gasteiger charge is 2.25. The third kappa shape index (κ3) is 4.90. The van der Waals surface area contributed by atoms with E-state index < -0.39 is 4.92 Å². The molecule has 8 heteroatoms. The van der Waals surface area contributed by atoms with Gasteiger partial charge < -0.3 is 14.8 Å². The van der Waals surface area contributed by atoms with Crippen molar-refractivity contribution in [1.82, 2.24) is 10.2 Å². The Morgan fingerprint density at radius 2 is 2.08 bits per heavy atom. The van der Waals surface area contributed by atoms with Crippen molar-refractivity contribution < 1.29 is 19.2 Å². The molecular formula is C17H25N3O5. The molecule has 1 unspecified atom stereocenters. The molecule has 1 heterocycles. The summed E-state index contributed by atoms with van der Waals surface area (Å²) in [6, 6.07) is 4.41. The number of nitro groups is 1. The molecular weight excluding hydrogens is 326 g/mol. The molecule has 1 aliphatic heterocycles. The minimum Gasteiger partial charge on any atom is -0.490 e. The predicted octanol–water partition coefficient (Wildman–Crippen LogP) is 1.69. The van der Waals surface area contributed by atoms with Crippen molar-refractivity contribution in [3.8, 4) is 5.75 Å². The van der Waals surface area contributed by atoms with Crippen molar-refractivity contribution >= 4 is 11.6 Å². The smallest absolute Gasteiger partial charge is 0.311 e. The van der Waals surface area contributed by atoms with Crippen LogP contribution >= 0.6 is 0 Å². The summed E-state index contributed by atoms with van der Waals surface area (Å²) in [5.74, 6) is 0.170. The van der Waals surface area contributed by atoms with Crippen LogP contribution in [0.5, 0.6) is 5.75 Å². The lowest BCUT2D eigenvalue weighted by Crippen LogP contribution is -2.51. The molecule has 1 saturated heterocycles. The molecule has 0 aliphatic carbocycles. The summed E-state index contributed by atoms with van der Waals surface area (Å²) in [7, 11) is 1.36. The van der Waals surface area contributed by atoms with Crippen LogP contribution in [0, 0.1) is 16.0 Å². The van der Waals surface area contributed by atoms with E-state index in [2.05, 4.69) is 24.1 Å². The Morgan fingerprint density at radius 1 is 1.40 bits per heavy atom. The van der Waals surface area contributed by atoms with Crippen molar-refractivity contribution in [3.05, 3.63) is 33.9 Å². The van der Waals surface area contributed by atoms with Gasteiger partial charge in [-0.1, -0.05) is 13.8 Å². The number of morpholine rings is 1. The van der Waals surface area contributed by atoms with E-state index in [1.165, 1.54) is 25.3 Å². The second-order valence-corrected chi connectivity index (χ2v) is 6.31. The number of ether oxygens (including phenoxy) is 2. The summed E-state index contributed by atoms with van der Waals surface area (Å²) in [6.45, 7) is 7.79. The molecule has 2 rings (SSSR count). The Hall–Kier alpha value is -2.19. The minimum absolute atomic E-state index is 0.134. The fourth-order valence-corrected chi connectivity index (χ4v) is 2.97. The molecule has 0 saturated carbocycles. The van der Waals surface area contributed by atoms with E-state index in [9.17, 15) is 14.9 Å². The molecule has 1 N–H and O–H groups in total. The van der Waals surface area contributed by atoms with Crippen LogP contribution in [0.2, 0.25) is 0 Å². The van der Waals surface area contributed by atoms with Crippen LogP contribution in [0.15, 0.2) is 18.2 Å². The highest BCUT2D eigenvalue weighted by atomic mass is 16.6. The molecule has 1 fully saturated rings. The first-order valence-electron chi connectivity index (χ1n) is 8.36. The molecule has 1 amide bonds. The number of benzene rings is 1. The van der Waals surface area contributed by atoms with Gasteiger partial charge in [0, 0.05) is 37.3 Å². The zero-order valence-corrected chi connectivity index (χ0v) is 14.9. The lowest BCUT2D eigenvalue weighted by Gasteiger charge is -2.36. The van der Waals surface area contributed by atoms with Gasteiger partial charge in [-0.2, -0.15) is 0 Å². The van der Waals surface area contributed by atoms with Gasteiger partial charge in [-0.3, -0.25) is 19.8 Å². The number of nitro benzene ring substituents is 1. The summed E-state index contributed by atoms with van der Waals surface area (Å²) < 4.78 is 10.3. The second-order valence-electron chi connectivity index (χ2n) is 6.31. The minimum atomic E-state index is -0.555. The normalized spacial score (nSPS) is 16.5. The summed E-state index contributed by atoms with van der Waals surface area (Å²) in [4.78, 5) is 25.3. The molecule has 1 atom stereocenters. The van der Waals surface area contributed by atoms with E-state index in [4.69, 9.17) is 9.47 Å². The van der Waals surface area contributed by atoms with Gasteiger partial charge in [0.1, 0.15) is 0 Å². The quantitative estimate of drug-likeness (QED) is 0.593. The molecule has 8 nitrogen and oxygen atoms in total. The molecule has 0 spiro atoms. The summed E-state index contributed by atoms with van der Waals surface area (Å²) in [5, 5.41) is 14.0. The number of amides is 1. The van der Waals surface area contributed by atoms with E-state index in [1.807, 2.05) is 0 Å². The van der Waals surface area contributed by atoms with E-state index in [1.54, 1.807) is 0 Å². The Bertz CT molecular complexity index is 614. The van der Waals surface area contributed by atoms with Crippen molar-refractivity contribution in [2.75, 3.05) is 40.0 Å². The largest absolute Gasteiger partial charge is 0.490 e. The van der Waals surface area contributed by atoms with E-state index >= 15 is 0 Å². The standard InChI is InChI=1S/C17H25N3O5/c1-12(2)15(19-6-8-25-9-7-19)11-18-17(21)13-4-5-16(24-3)14(10-13)20(22)23/h4-5,10,12,15H,6-9,11H2,1-3H3,(H,18,21). The zero-order chi connectivity index (χ0) is 18.4. The Balaban J connectivity index is 2.05.